The fourth-order valence-electron chi connectivity index (χ4n) is 1.37. The Bertz CT molecular complexity index is 666. The van der Waals surface area contributed by atoms with E-state index in [-0.39, 0.29) is 0 Å². The third-order valence-electron chi connectivity index (χ3n) is 2.03. The van der Waals surface area contributed by atoms with Crippen LogP contribution in [0.1, 0.15) is 5.56 Å². The number of imidazole rings is 1. The zero-order chi connectivity index (χ0) is 10.8. The maximum atomic E-state index is 11.3. The van der Waals surface area contributed by atoms with Gasteiger partial charge in [0.25, 0.3) is 0 Å². The van der Waals surface area contributed by atoms with Gasteiger partial charge >= 0.3 is 5.69 Å². The van der Waals surface area contributed by atoms with E-state index in [1.54, 1.807) is 12.1 Å². The van der Waals surface area contributed by atoms with Crippen LogP contribution in [-0.2, 0) is 4.79 Å². The molecular weight excluding hydrogens is 194 g/mol. The molecule has 5 heteroatoms. The van der Waals surface area contributed by atoms with Gasteiger partial charge in [-0.25, -0.2) is 9.59 Å². The highest BCUT2D eigenvalue weighted by Gasteiger charge is 2.04. The molecule has 0 atom stereocenters. The number of fused-ring (bicyclic) bond motifs is 1. The van der Waals surface area contributed by atoms with E-state index < -0.39 is 5.69 Å². The van der Waals surface area contributed by atoms with Gasteiger partial charge in [0.1, 0.15) is 5.94 Å². The molecule has 1 N–H and O–H groups in total. The summed E-state index contributed by atoms with van der Waals surface area (Å²) in [7, 11) is 0. The third-order valence-corrected chi connectivity index (χ3v) is 2.03. The minimum absolute atomic E-state index is 0.426. The van der Waals surface area contributed by atoms with Crippen LogP contribution in [0.15, 0.2) is 23.0 Å². The number of H-pyrrole nitrogens is 1. The van der Waals surface area contributed by atoms with E-state index in [1.807, 2.05) is 6.07 Å². The van der Waals surface area contributed by atoms with E-state index in [9.17, 15) is 9.59 Å². The zero-order valence-corrected chi connectivity index (χ0v) is 7.52. The molecule has 1 aromatic heterocycles. The number of hydrogen-bond acceptors (Lipinski definition) is 3. The van der Waals surface area contributed by atoms with Crippen LogP contribution in [0, 0.1) is 11.3 Å². The van der Waals surface area contributed by atoms with Gasteiger partial charge < -0.3 is 4.98 Å². The van der Waals surface area contributed by atoms with Crippen molar-refractivity contribution >= 4 is 23.2 Å². The van der Waals surface area contributed by atoms with Crippen molar-refractivity contribution in [1.29, 1.82) is 5.26 Å². The largest absolute Gasteiger partial charge is 0.331 e. The third kappa shape index (κ3) is 1.35. The van der Waals surface area contributed by atoms with Gasteiger partial charge in [-0.05, 0) is 18.2 Å². The quantitative estimate of drug-likeness (QED) is 0.679. The first kappa shape index (κ1) is 9.00. The molecule has 1 heterocycles. The number of carbonyl (C=O) groups excluding carboxylic acids is 1. The van der Waals surface area contributed by atoms with E-state index in [1.165, 1.54) is 12.0 Å². The van der Waals surface area contributed by atoms with Gasteiger partial charge in [0, 0.05) is 0 Å². The van der Waals surface area contributed by atoms with Crippen molar-refractivity contribution in [2.75, 3.05) is 0 Å². The lowest BCUT2D eigenvalue weighted by atomic mass is 10.2. The Morgan fingerprint density at radius 1 is 1.47 bits per heavy atom. The number of nitrogens with zero attached hydrogens (tertiary/aromatic N) is 2. The van der Waals surface area contributed by atoms with Crippen molar-refractivity contribution in [1.82, 2.24) is 9.55 Å². The molecule has 0 saturated carbocycles. The molecule has 1 aromatic carbocycles. The molecule has 0 spiro atoms. The molecule has 2 aromatic rings. The molecule has 0 bridgehead atoms. The summed E-state index contributed by atoms with van der Waals surface area (Å²) in [5.74, 6) is 1.53. The van der Waals surface area contributed by atoms with E-state index in [0.29, 0.717) is 16.6 Å². The first-order valence-corrected chi connectivity index (χ1v) is 4.11. The fourth-order valence-corrected chi connectivity index (χ4v) is 1.37. The summed E-state index contributed by atoms with van der Waals surface area (Å²) in [5.41, 5.74) is 1.06. The monoisotopic (exact) mass is 199 g/mol. The van der Waals surface area contributed by atoms with Gasteiger partial charge in [-0.3, -0.25) is 4.57 Å². The van der Waals surface area contributed by atoms with Gasteiger partial charge in [0.2, 0.25) is 0 Å². The normalized spacial score (nSPS) is 9.53. The van der Waals surface area contributed by atoms with Gasteiger partial charge in [-0.2, -0.15) is 5.26 Å². The first-order valence-electron chi connectivity index (χ1n) is 4.11. The minimum Gasteiger partial charge on any atom is -0.305 e. The van der Waals surface area contributed by atoms with Crippen LogP contribution in [0.25, 0.3) is 17.2 Å². The zero-order valence-electron chi connectivity index (χ0n) is 7.52. The fraction of sp³-hybridized carbons (Fsp3) is 0. The smallest absolute Gasteiger partial charge is 0.305 e. The lowest BCUT2D eigenvalue weighted by Gasteiger charge is -1.93. The number of nitriles is 1. The molecule has 0 saturated heterocycles. The topological polar surface area (TPSA) is 78.7 Å². The van der Waals surface area contributed by atoms with Gasteiger partial charge in [0.05, 0.1) is 28.9 Å². The van der Waals surface area contributed by atoms with Crippen molar-refractivity contribution in [3.05, 3.63) is 34.2 Å². The van der Waals surface area contributed by atoms with Crippen LogP contribution < -0.4 is 5.69 Å². The standard InChI is InChI=1S/C10H5N3O2/c11-6-7-1-2-8-9(5-7)13(3-4-14)10(15)12-8/h1-3,5H,(H,12,15). The van der Waals surface area contributed by atoms with Crippen LogP contribution in [0.2, 0.25) is 0 Å². The molecule has 15 heavy (non-hydrogen) atoms. The highest BCUT2D eigenvalue weighted by molar-refractivity contribution is 5.81. The summed E-state index contributed by atoms with van der Waals surface area (Å²) in [4.78, 5) is 24.1. The number of aromatic amines is 1. The average molecular weight is 199 g/mol. The Labute approximate surface area is 83.9 Å². The highest BCUT2D eigenvalue weighted by atomic mass is 16.1. The minimum atomic E-state index is -0.427. The SMILES string of the molecule is N#Cc1ccc2[nH]c(=O)n(C=C=O)c2c1. The predicted molar refractivity (Wildman–Crippen MR) is 53.7 cm³/mol. The summed E-state index contributed by atoms with van der Waals surface area (Å²) in [6, 6.07) is 6.69. The average Bonchev–Trinajstić information content (AvgIpc) is 2.55. The Morgan fingerprint density at radius 3 is 2.93 bits per heavy atom. The van der Waals surface area contributed by atoms with Crippen molar-refractivity contribution in [2.24, 2.45) is 0 Å². The highest BCUT2D eigenvalue weighted by Crippen LogP contribution is 2.11. The Balaban J connectivity index is 2.90. The molecule has 0 aliphatic heterocycles. The molecular formula is C10H5N3O2. The molecule has 0 aliphatic carbocycles. The molecule has 72 valence electrons. The first-order chi connectivity index (χ1) is 7.26. The lowest BCUT2D eigenvalue weighted by Crippen LogP contribution is -2.11. The van der Waals surface area contributed by atoms with Crippen LogP contribution in [0.4, 0.5) is 0 Å². The number of rotatable bonds is 1. The molecule has 0 aliphatic rings. The number of aromatic nitrogens is 2. The molecule has 0 unspecified atom stereocenters. The van der Waals surface area contributed by atoms with Crippen molar-refractivity contribution in [2.45, 2.75) is 0 Å². The molecule has 2 rings (SSSR count). The van der Waals surface area contributed by atoms with Gasteiger partial charge in [0.15, 0.2) is 0 Å². The number of hydrogen-bond donors (Lipinski definition) is 1. The van der Waals surface area contributed by atoms with Crippen LogP contribution in [-0.4, -0.2) is 15.5 Å². The second-order valence-electron chi connectivity index (χ2n) is 2.89. The summed E-state index contributed by atoms with van der Waals surface area (Å²) < 4.78 is 1.11. The summed E-state index contributed by atoms with van der Waals surface area (Å²) in [5, 5.41) is 8.69. The van der Waals surface area contributed by atoms with E-state index >= 15 is 0 Å². The predicted octanol–water partition coefficient (Wildman–Crippen LogP) is 0.504. The maximum absolute atomic E-state index is 11.3. The van der Waals surface area contributed by atoms with Crippen molar-refractivity contribution in [3.8, 4) is 6.07 Å². The summed E-state index contributed by atoms with van der Waals surface area (Å²) >= 11 is 0. The second-order valence-corrected chi connectivity index (χ2v) is 2.89. The van der Waals surface area contributed by atoms with Crippen molar-refractivity contribution < 1.29 is 4.79 Å². The summed E-state index contributed by atoms with van der Waals surface area (Å²) in [6.07, 6.45) is 0.988. The number of benzene rings is 1. The molecule has 0 radical (unpaired) electrons. The van der Waals surface area contributed by atoms with E-state index in [0.717, 1.165) is 10.8 Å². The lowest BCUT2D eigenvalue weighted by molar-refractivity contribution is 0.569. The van der Waals surface area contributed by atoms with Crippen LogP contribution in [0.5, 0.6) is 0 Å². The van der Waals surface area contributed by atoms with Crippen LogP contribution >= 0.6 is 0 Å². The number of nitrogens with one attached hydrogen (secondary N) is 1. The molecule has 5 nitrogen and oxygen atoms in total. The Hall–Kier alpha value is -2.57. The Morgan fingerprint density at radius 2 is 2.27 bits per heavy atom. The van der Waals surface area contributed by atoms with Crippen LogP contribution in [0.3, 0.4) is 0 Å². The second kappa shape index (κ2) is 3.29. The molecule has 0 amide bonds. The molecule has 0 fully saturated rings. The van der Waals surface area contributed by atoms with Crippen molar-refractivity contribution in [3.63, 3.8) is 0 Å². The van der Waals surface area contributed by atoms with Gasteiger partial charge in [-0.15, -0.1) is 0 Å². The van der Waals surface area contributed by atoms with E-state index in [2.05, 4.69) is 4.98 Å². The Kier molecular flexibility index (Phi) is 1.98. The van der Waals surface area contributed by atoms with Gasteiger partial charge in [-0.1, -0.05) is 0 Å². The summed E-state index contributed by atoms with van der Waals surface area (Å²) in [6.45, 7) is 0. The van der Waals surface area contributed by atoms with E-state index in [4.69, 9.17) is 5.26 Å². The maximum Gasteiger partial charge on any atom is 0.331 e.